The number of hydrogen-bond acceptors (Lipinski definition) is 9. The zero-order valence-corrected chi connectivity index (χ0v) is 25.8. The Morgan fingerprint density at radius 1 is 0.958 bits per heavy atom. The minimum absolute atomic E-state index is 0.0354. The zero-order chi connectivity index (χ0) is 34.5. The summed E-state index contributed by atoms with van der Waals surface area (Å²) in [5, 5.41) is 18.1. The first-order valence-electron chi connectivity index (χ1n) is 15.0. The Morgan fingerprint density at radius 3 is 2.27 bits per heavy atom. The molecule has 0 bridgehead atoms. The van der Waals surface area contributed by atoms with Crippen LogP contribution < -0.4 is 20.4 Å². The highest BCUT2D eigenvalue weighted by Gasteiger charge is 2.45. The number of anilines is 3. The molecule has 0 saturated carbocycles. The fourth-order valence-electron chi connectivity index (χ4n) is 6.00. The van der Waals surface area contributed by atoms with Crippen LogP contribution >= 0.6 is 0 Å². The molecular weight excluding hydrogens is 633 g/mol. The number of rotatable bonds is 6. The molecule has 3 aliphatic rings. The van der Waals surface area contributed by atoms with Crippen molar-refractivity contribution in [2.45, 2.75) is 44.4 Å². The first-order chi connectivity index (χ1) is 22.7. The van der Waals surface area contributed by atoms with E-state index in [1.807, 2.05) is 0 Å². The molecule has 3 aromatic rings. The maximum atomic E-state index is 13.4. The van der Waals surface area contributed by atoms with Crippen molar-refractivity contribution in [2.24, 2.45) is 0 Å². The number of imide groups is 2. The number of halogens is 3. The summed E-state index contributed by atoms with van der Waals surface area (Å²) in [4.78, 5) is 68.4. The number of nitriles is 1. The van der Waals surface area contributed by atoms with Gasteiger partial charge in [-0.15, -0.1) is 0 Å². The number of hydrogen-bond donors (Lipinski definition) is 2. The van der Waals surface area contributed by atoms with Crippen molar-refractivity contribution < 1.29 is 37.1 Å². The predicted octanol–water partition coefficient (Wildman–Crippen LogP) is 2.88. The topological polar surface area (TPSA) is 161 Å². The Kier molecular flexibility index (Phi) is 7.94. The molecule has 5 amide bonds. The predicted molar refractivity (Wildman–Crippen MR) is 164 cm³/mol. The molecular formula is C32H29F3N8O5. The fraction of sp³-hybridized carbons (Fsp3) is 0.344. The third kappa shape index (κ3) is 5.72. The summed E-state index contributed by atoms with van der Waals surface area (Å²) < 4.78 is 41.6. The molecule has 6 rings (SSSR count). The lowest BCUT2D eigenvalue weighted by atomic mass is 10.0. The first kappa shape index (κ1) is 32.2. The van der Waals surface area contributed by atoms with Gasteiger partial charge in [0, 0.05) is 50.2 Å². The van der Waals surface area contributed by atoms with Crippen LogP contribution in [0.25, 0.3) is 0 Å². The lowest BCUT2D eigenvalue weighted by Gasteiger charge is -2.36. The van der Waals surface area contributed by atoms with E-state index in [0.29, 0.717) is 26.2 Å². The number of aromatic nitrogens is 2. The molecule has 2 fully saturated rings. The van der Waals surface area contributed by atoms with Crippen molar-refractivity contribution in [3.05, 3.63) is 71.0 Å². The molecule has 1 aromatic heterocycles. The quantitative estimate of drug-likeness (QED) is 0.379. The van der Waals surface area contributed by atoms with E-state index in [2.05, 4.69) is 25.5 Å². The van der Waals surface area contributed by atoms with Crippen LogP contribution in [0, 0.1) is 11.3 Å². The van der Waals surface area contributed by atoms with Gasteiger partial charge in [0.1, 0.15) is 11.6 Å². The number of piperidine rings is 1. The number of amides is 5. The third-order valence-electron chi connectivity index (χ3n) is 8.83. The van der Waals surface area contributed by atoms with Crippen LogP contribution in [0.2, 0.25) is 0 Å². The van der Waals surface area contributed by atoms with Gasteiger partial charge in [0.05, 0.1) is 40.2 Å². The summed E-state index contributed by atoms with van der Waals surface area (Å²) in [6.07, 6.45) is -1.38. The Hall–Kier alpha value is -5.72. The summed E-state index contributed by atoms with van der Waals surface area (Å²) in [6, 6.07) is 8.40. The van der Waals surface area contributed by atoms with Gasteiger partial charge in [-0.05, 0) is 56.7 Å². The molecule has 0 spiro atoms. The number of carbonyl (C=O) groups is 5. The molecule has 1 unspecified atom stereocenters. The number of benzene rings is 2. The van der Waals surface area contributed by atoms with E-state index in [-0.39, 0.29) is 29.7 Å². The van der Waals surface area contributed by atoms with Gasteiger partial charge >= 0.3 is 6.18 Å². The molecule has 2 saturated heterocycles. The van der Waals surface area contributed by atoms with Gasteiger partial charge in [-0.1, -0.05) is 0 Å². The average molecular weight is 663 g/mol. The Balaban J connectivity index is 1.10. The Bertz CT molecular complexity index is 1910. The zero-order valence-electron chi connectivity index (χ0n) is 25.8. The second kappa shape index (κ2) is 11.8. The molecule has 16 heteroatoms. The molecule has 248 valence electrons. The van der Waals surface area contributed by atoms with Gasteiger partial charge in [0.15, 0.2) is 0 Å². The van der Waals surface area contributed by atoms with Gasteiger partial charge in [0.25, 0.3) is 17.7 Å². The number of nitrogens with one attached hydrogen (secondary N) is 2. The lowest BCUT2D eigenvalue weighted by Crippen LogP contribution is -2.54. The van der Waals surface area contributed by atoms with E-state index < -0.39 is 58.4 Å². The van der Waals surface area contributed by atoms with E-state index in [1.54, 1.807) is 44.4 Å². The SMILES string of the molecule is CC(C)(C(=O)Nc1ccc(C#N)c(C(F)(F)F)c1)n1cc(N2CCN(c3ccc4c(c3)C(=O)N(C3CCC(=O)NC3=O)C4=O)CC2)cn1. The van der Waals surface area contributed by atoms with Gasteiger partial charge in [-0.25, -0.2) is 0 Å². The summed E-state index contributed by atoms with van der Waals surface area (Å²) >= 11 is 0. The standard InChI is InChI=1S/C32H29F3N8O5/c1-31(2,30(48)38-19-4-3-18(15-36)24(13-19)32(33,34)35)42-17-21(16-37-42)41-11-9-40(10-12-41)20-5-6-22-23(14-20)29(47)43(28(22)46)25-7-8-26(44)39-27(25)45/h3-6,13-14,16-17,25H,7-12H2,1-2H3,(H,38,48)(H,39,44,45). The molecule has 4 heterocycles. The van der Waals surface area contributed by atoms with Crippen LogP contribution in [0.5, 0.6) is 0 Å². The molecule has 3 aliphatic heterocycles. The van der Waals surface area contributed by atoms with Crippen LogP contribution in [-0.2, 0) is 26.1 Å². The van der Waals surface area contributed by atoms with Crippen molar-refractivity contribution in [1.82, 2.24) is 20.0 Å². The highest BCUT2D eigenvalue weighted by atomic mass is 19.4. The lowest BCUT2D eigenvalue weighted by molar-refractivity contribution is -0.138. The maximum Gasteiger partial charge on any atom is 0.417 e. The van der Waals surface area contributed by atoms with E-state index in [1.165, 1.54) is 16.8 Å². The highest BCUT2D eigenvalue weighted by Crippen LogP contribution is 2.35. The summed E-state index contributed by atoms with van der Waals surface area (Å²) in [5.74, 6) is -2.88. The smallest absolute Gasteiger partial charge is 0.368 e. The third-order valence-corrected chi connectivity index (χ3v) is 8.83. The van der Waals surface area contributed by atoms with Crippen LogP contribution in [0.3, 0.4) is 0 Å². The number of fused-ring (bicyclic) bond motifs is 1. The molecule has 1 atom stereocenters. The van der Waals surface area contributed by atoms with Gasteiger partial charge < -0.3 is 15.1 Å². The molecule has 2 N–H and O–H groups in total. The summed E-state index contributed by atoms with van der Waals surface area (Å²) in [6.45, 7) is 5.35. The van der Waals surface area contributed by atoms with Gasteiger partial charge in [-0.3, -0.25) is 38.9 Å². The highest BCUT2D eigenvalue weighted by molar-refractivity contribution is 6.23. The monoisotopic (exact) mass is 662 g/mol. The van der Waals surface area contributed by atoms with Crippen molar-refractivity contribution in [3.63, 3.8) is 0 Å². The maximum absolute atomic E-state index is 13.4. The van der Waals surface area contributed by atoms with Crippen LogP contribution in [-0.4, -0.2) is 76.4 Å². The molecule has 13 nitrogen and oxygen atoms in total. The Labute approximate surface area is 271 Å². The van der Waals surface area contributed by atoms with Crippen molar-refractivity contribution in [1.29, 1.82) is 5.26 Å². The van der Waals surface area contributed by atoms with Crippen molar-refractivity contribution in [2.75, 3.05) is 41.3 Å². The van der Waals surface area contributed by atoms with Crippen molar-refractivity contribution in [3.8, 4) is 6.07 Å². The number of alkyl halides is 3. The minimum atomic E-state index is -4.77. The fourth-order valence-corrected chi connectivity index (χ4v) is 6.00. The van der Waals surface area contributed by atoms with Crippen molar-refractivity contribution >= 4 is 46.6 Å². The molecule has 0 radical (unpaired) electrons. The van der Waals surface area contributed by atoms with E-state index >= 15 is 0 Å². The van der Waals surface area contributed by atoms with Gasteiger partial charge in [-0.2, -0.15) is 23.5 Å². The first-order valence-corrected chi connectivity index (χ1v) is 15.0. The van der Waals surface area contributed by atoms with Crippen LogP contribution in [0.4, 0.5) is 30.2 Å². The second-order valence-corrected chi connectivity index (χ2v) is 12.2. The van der Waals surface area contributed by atoms with E-state index in [0.717, 1.165) is 28.4 Å². The molecule has 0 aliphatic carbocycles. The minimum Gasteiger partial charge on any atom is -0.368 e. The average Bonchev–Trinajstić information content (AvgIpc) is 3.65. The van der Waals surface area contributed by atoms with E-state index in [4.69, 9.17) is 5.26 Å². The Morgan fingerprint density at radius 2 is 1.62 bits per heavy atom. The molecule has 2 aromatic carbocycles. The summed E-state index contributed by atoms with van der Waals surface area (Å²) in [5.41, 5.74) is -1.24. The van der Waals surface area contributed by atoms with Crippen LogP contribution in [0.15, 0.2) is 48.8 Å². The van der Waals surface area contributed by atoms with Crippen LogP contribution in [0.1, 0.15) is 58.5 Å². The number of carbonyl (C=O) groups excluding carboxylic acids is 5. The number of nitrogens with zero attached hydrogens (tertiary/aromatic N) is 6. The van der Waals surface area contributed by atoms with E-state index in [9.17, 15) is 37.1 Å². The second-order valence-electron chi connectivity index (χ2n) is 12.2. The summed E-state index contributed by atoms with van der Waals surface area (Å²) in [7, 11) is 0. The normalized spacial score (nSPS) is 18.5. The van der Waals surface area contributed by atoms with Gasteiger partial charge in [0.2, 0.25) is 11.8 Å². The largest absolute Gasteiger partial charge is 0.417 e. The number of piperazine rings is 1. The molecule has 48 heavy (non-hydrogen) atoms.